The Balaban J connectivity index is 1.81. The molecule has 33 heavy (non-hydrogen) atoms. The zero-order valence-corrected chi connectivity index (χ0v) is 20.2. The van der Waals surface area contributed by atoms with Crippen molar-refractivity contribution in [1.29, 1.82) is 0 Å². The van der Waals surface area contributed by atoms with E-state index in [0.717, 1.165) is 31.1 Å². The van der Waals surface area contributed by atoms with Crippen molar-refractivity contribution in [3.63, 3.8) is 0 Å². The molecule has 1 saturated heterocycles. The molecule has 6 nitrogen and oxygen atoms in total. The number of nitrogens with zero attached hydrogens (tertiary/aromatic N) is 2. The maximum atomic E-state index is 13.2. The van der Waals surface area contributed by atoms with E-state index in [1.54, 1.807) is 17.5 Å². The minimum atomic E-state index is -4.80. The number of unbranched alkanes of at least 4 members (excludes halogenated alkanes) is 1. The maximum Gasteiger partial charge on any atom is 0.421 e. The summed E-state index contributed by atoms with van der Waals surface area (Å²) in [7, 11) is -3.62. The van der Waals surface area contributed by atoms with Crippen LogP contribution in [0.15, 0.2) is 46.0 Å². The highest BCUT2D eigenvalue weighted by Gasteiger charge is 2.51. The Kier molecular flexibility index (Phi) is 8.11. The second kappa shape index (κ2) is 10.3. The summed E-state index contributed by atoms with van der Waals surface area (Å²) in [4.78, 5) is 1.96. The average Bonchev–Trinajstić information content (AvgIpc) is 3.32. The van der Waals surface area contributed by atoms with Crippen LogP contribution in [-0.2, 0) is 20.4 Å². The second-order valence-electron chi connectivity index (χ2n) is 8.19. The molecule has 1 aromatic carbocycles. The lowest BCUT2D eigenvalue weighted by molar-refractivity contribution is -0.258. The fourth-order valence-corrected chi connectivity index (χ4v) is 6.29. The van der Waals surface area contributed by atoms with Gasteiger partial charge in [-0.1, -0.05) is 31.5 Å². The summed E-state index contributed by atoms with van der Waals surface area (Å²) in [5.74, 6) is 0. The molecule has 2 aromatic rings. The van der Waals surface area contributed by atoms with E-state index < -0.39 is 21.8 Å². The fraction of sp³-hybridized carbons (Fsp3) is 0.545. The molecule has 0 saturated carbocycles. The maximum absolute atomic E-state index is 13.2. The Bertz CT molecular complexity index is 994. The molecule has 184 valence electrons. The summed E-state index contributed by atoms with van der Waals surface area (Å²) in [6, 6.07) is 8.52. The highest BCUT2D eigenvalue weighted by atomic mass is 32.2. The standard InChI is InChI=1S/C22H29F3N2O4S2/c1-3-4-13-31-16-19-15-26(33(29,30)20-6-5-14-32-20)11-12-27(19)18-9-7-17(8-10-18)21(2,28)22(23,24)25/h5-10,14,19,28H,3-4,11-13,15-16H2,1-2H3/t19-,21-/m0/s1. The summed E-state index contributed by atoms with van der Waals surface area (Å²) in [6.45, 7) is 4.41. The quantitative estimate of drug-likeness (QED) is 0.516. The molecular weight excluding hydrogens is 477 g/mol. The van der Waals surface area contributed by atoms with Crippen LogP contribution in [-0.4, -0.2) is 62.9 Å². The lowest BCUT2D eigenvalue weighted by Crippen LogP contribution is -2.56. The van der Waals surface area contributed by atoms with Gasteiger partial charge in [0, 0.05) is 31.9 Å². The molecular formula is C22H29F3N2O4S2. The number of alkyl halides is 3. The number of ether oxygens (including phenoxy) is 1. The Morgan fingerprint density at radius 1 is 1.18 bits per heavy atom. The third kappa shape index (κ3) is 5.71. The molecule has 1 aliphatic rings. The van der Waals surface area contributed by atoms with Crippen molar-refractivity contribution in [3.05, 3.63) is 47.3 Å². The zero-order valence-electron chi connectivity index (χ0n) is 18.6. The van der Waals surface area contributed by atoms with Crippen LogP contribution in [0.5, 0.6) is 0 Å². The molecule has 1 N–H and O–H groups in total. The van der Waals surface area contributed by atoms with Gasteiger partial charge in [0.05, 0.1) is 12.6 Å². The number of halogens is 3. The van der Waals surface area contributed by atoms with Gasteiger partial charge in [-0.3, -0.25) is 0 Å². The Morgan fingerprint density at radius 2 is 1.88 bits per heavy atom. The number of aliphatic hydroxyl groups is 1. The van der Waals surface area contributed by atoms with E-state index in [1.165, 1.54) is 28.6 Å². The fourth-order valence-electron chi connectivity index (χ4n) is 3.67. The molecule has 0 amide bonds. The Labute approximate surface area is 196 Å². The Hall–Kier alpha value is -1.66. The van der Waals surface area contributed by atoms with Crippen LogP contribution >= 0.6 is 11.3 Å². The number of anilines is 1. The predicted octanol–water partition coefficient (Wildman–Crippen LogP) is 4.21. The SMILES string of the molecule is CCCCOC[C@@H]1CN(S(=O)(=O)c2cccs2)CCN1c1ccc([C@](C)(O)C(F)(F)F)cc1. The van der Waals surface area contributed by atoms with Crippen LogP contribution in [0.1, 0.15) is 32.3 Å². The molecule has 2 atom stereocenters. The third-order valence-electron chi connectivity index (χ3n) is 5.80. The highest BCUT2D eigenvalue weighted by molar-refractivity contribution is 7.91. The first kappa shape index (κ1) is 26.0. The molecule has 2 heterocycles. The first-order valence-electron chi connectivity index (χ1n) is 10.8. The molecule has 0 unspecified atom stereocenters. The summed E-state index contributed by atoms with van der Waals surface area (Å²) in [5.41, 5.74) is -2.57. The van der Waals surface area contributed by atoms with Crippen LogP contribution in [0.3, 0.4) is 0 Å². The zero-order chi connectivity index (χ0) is 24.3. The summed E-state index contributed by atoms with van der Waals surface area (Å²) in [6.07, 6.45) is -2.95. The van der Waals surface area contributed by atoms with E-state index in [9.17, 15) is 26.7 Å². The number of hydrogen-bond donors (Lipinski definition) is 1. The summed E-state index contributed by atoms with van der Waals surface area (Å²) >= 11 is 1.16. The topological polar surface area (TPSA) is 70.1 Å². The van der Waals surface area contributed by atoms with Gasteiger partial charge in [0.15, 0.2) is 5.60 Å². The molecule has 0 radical (unpaired) electrons. The lowest BCUT2D eigenvalue weighted by atomic mass is 9.95. The van der Waals surface area contributed by atoms with E-state index in [0.29, 0.717) is 25.4 Å². The van der Waals surface area contributed by atoms with Crippen LogP contribution in [0.25, 0.3) is 0 Å². The van der Waals surface area contributed by atoms with Gasteiger partial charge in [-0.05, 0) is 42.5 Å². The number of piperazine rings is 1. The molecule has 0 aliphatic carbocycles. The molecule has 3 rings (SSSR count). The molecule has 1 aromatic heterocycles. The molecule has 1 aliphatic heterocycles. The summed E-state index contributed by atoms with van der Waals surface area (Å²) < 4.78 is 73.0. The minimum Gasteiger partial charge on any atom is -0.379 e. The van der Waals surface area contributed by atoms with E-state index in [2.05, 4.69) is 0 Å². The van der Waals surface area contributed by atoms with Crippen LogP contribution in [0, 0.1) is 0 Å². The van der Waals surface area contributed by atoms with Crippen molar-refractivity contribution >= 4 is 27.0 Å². The average molecular weight is 507 g/mol. The van der Waals surface area contributed by atoms with Crippen molar-refractivity contribution in [2.45, 2.75) is 48.7 Å². The second-order valence-corrected chi connectivity index (χ2v) is 11.3. The van der Waals surface area contributed by atoms with Gasteiger partial charge < -0.3 is 14.7 Å². The smallest absolute Gasteiger partial charge is 0.379 e. The van der Waals surface area contributed by atoms with Crippen LogP contribution < -0.4 is 4.90 Å². The molecule has 0 bridgehead atoms. The third-order valence-corrected chi connectivity index (χ3v) is 9.04. The van der Waals surface area contributed by atoms with Gasteiger partial charge in [-0.2, -0.15) is 17.5 Å². The predicted molar refractivity (Wildman–Crippen MR) is 122 cm³/mol. The van der Waals surface area contributed by atoms with Crippen LogP contribution in [0.2, 0.25) is 0 Å². The van der Waals surface area contributed by atoms with E-state index in [4.69, 9.17) is 4.74 Å². The normalized spacial score (nSPS) is 20.1. The lowest BCUT2D eigenvalue weighted by Gasteiger charge is -2.42. The largest absolute Gasteiger partial charge is 0.421 e. The van der Waals surface area contributed by atoms with Gasteiger partial charge in [-0.25, -0.2) is 8.42 Å². The molecule has 1 fully saturated rings. The van der Waals surface area contributed by atoms with Gasteiger partial charge in [0.25, 0.3) is 10.0 Å². The molecule has 11 heteroatoms. The van der Waals surface area contributed by atoms with Crippen molar-refractivity contribution < 1.29 is 31.4 Å². The Morgan fingerprint density at radius 3 is 2.45 bits per heavy atom. The van der Waals surface area contributed by atoms with Gasteiger partial charge >= 0.3 is 6.18 Å². The van der Waals surface area contributed by atoms with Crippen molar-refractivity contribution in [2.24, 2.45) is 0 Å². The van der Waals surface area contributed by atoms with E-state index in [1.807, 2.05) is 11.8 Å². The van der Waals surface area contributed by atoms with Gasteiger partial charge in [-0.15, -0.1) is 11.3 Å². The first-order valence-corrected chi connectivity index (χ1v) is 13.1. The summed E-state index contributed by atoms with van der Waals surface area (Å²) in [5, 5.41) is 11.6. The monoisotopic (exact) mass is 506 g/mol. The number of sulfonamides is 1. The van der Waals surface area contributed by atoms with E-state index >= 15 is 0 Å². The molecule has 0 spiro atoms. The van der Waals surface area contributed by atoms with E-state index in [-0.39, 0.29) is 28.9 Å². The number of thiophene rings is 1. The van der Waals surface area contributed by atoms with Gasteiger partial charge in [0.1, 0.15) is 4.21 Å². The van der Waals surface area contributed by atoms with Crippen molar-refractivity contribution in [2.75, 3.05) is 37.7 Å². The number of hydrogen-bond acceptors (Lipinski definition) is 6. The van der Waals surface area contributed by atoms with Gasteiger partial charge in [0.2, 0.25) is 0 Å². The van der Waals surface area contributed by atoms with Crippen molar-refractivity contribution in [1.82, 2.24) is 4.31 Å². The highest BCUT2D eigenvalue weighted by Crippen LogP contribution is 2.39. The van der Waals surface area contributed by atoms with Crippen LogP contribution in [0.4, 0.5) is 18.9 Å². The van der Waals surface area contributed by atoms with Crippen molar-refractivity contribution in [3.8, 4) is 0 Å². The number of benzene rings is 1. The minimum absolute atomic E-state index is 0.203. The number of rotatable bonds is 9. The first-order chi connectivity index (χ1) is 15.5.